The Kier molecular flexibility index (Phi) is 5.66. The van der Waals surface area contributed by atoms with E-state index >= 15 is 0 Å². The molecule has 3 nitrogen and oxygen atoms in total. The van der Waals surface area contributed by atoms with Crippen LogP contribution in [0.3, 0.4) is 0 Å². The monoisotopic (exact) mass is 203 g/mol. The number of pyridine rings is 1. The van der Waals surface area contributed by atoms with Gasteiger partial charge in [0.25, 0.3) is 6.47 Å². The van der Waals surface area contributed by atoms with Crippen LogP contribution in [-0.2, 0) is 4.79 Å². The van der Waals surface area contributed by atoms with Gasteiger partial charge in [-0.05, 0) is 28.1 Å². The molecule has 0 fully saturated rings. The molecular weight excluding hydrogens is 198 g/mol. The molecule has 4 heteroatoms. The quantitative estimate of drug-likeness (QED) is 0.515. The zero-order valence-electron chi connectivity index (χ0n) is 5.07. The van der Waals surface area contributed by atoms with Crippen molar-refractivity contribution in [3.8, 4) is 0 Å². The molecule has 1 rings (SSSR count). The molecule has 0 unspecified atom stereocenters. The second kappa shape index (κ2) is 6.22. The van der Waals surface area contributed by atoms with Crippen LogP contribution in [0.5, 0.6) is 0 Å². The normalized spacial score (nSPS) is 7.30. The Morgan fingerprint density at radius 3 is 2.40 bits per heavy atom. The van der Waals surface area contributed by atoms with Crippen molar-refractivity contribution in [2.24, 2.45) is 0 Å². The molecule has 0 bridgehead atoms. The van der Waals surface area contributed by atoms with Crippen molar-refractivity contribution in [3.05, 3.63) is 29.0 Å². The summed E-state index contributed by atoms with van der Waals surface area (Å²) in [5.41, 5.74) is 0. The third kappa shape index (κ3) is 5.24. The van der Waals surface area contributed by atoms with Gasteiger partial charge in [0.05, 0.1) is 0 Å². The van der Waals surface area contributed by atoms with E-state index in [4.69, 9.17) is 9.90 Å². The van der Waals surface area contributed by atoms with Gasteiger partial charge < -0.3 is 5.11 Å². The number of rotatable bonds is 0. The lowest BCUT2D eigenvalue weighted by Gasteiger charge is -1.80. The lowest BCUT2D eigenvalue weighted by Crippen LogP contribution is -1.66. The number of carbonyl (C=O) groups is 1. The minimum absolute atomic E-state index is 0.250. The lowest BCUT2D eigenvalue weighted by atomic mass is 10.5. The minimum atomic E-state index is -0.250. The van der Waals surface area contributed by atoms with Gasteiger partial charge in [-0.2, -0.15) is 0 Å². The Morgan fingerprint density at radius 2 is 2.20 bits per heavy atom. The average Bonchev–Trinajstić information content (AvgIpc) is 1.91. The van der Waals surface area contributed by atoms with Crippen molar-refractivity contribution in [1.82, 2.24) is 4.98 Å². The highest BCUT2D eigenvalue weighted by Crippen LogP contribution is 2.00. The second-order valence-corrected chi connectivity index (χ2v) is 2.07. The first-order valence-electron chi connectivity index (χ1n) is 2.45. The lowest BCUT2D eigenvalue weighted by molar-refractivity contribution is -0.122. The second-order valence-electron chi connectivity index (χ2n) is 1.26. The van der Waals surface area contributed by atoms with Gasteiger partial charge in [0.15, 0.2) is 0 Å². The van der Waals surface area contributed by atoms with E-state index in [0.29, 0.717) is 0 Å². The SMILES string of the molecule is Brc1ccccn1.O=CO. The first kappa shape index (κ1) is 9.10. The molecule has 0 radical (unpaired) electrons. The highest BCUT2D eigenvalue weighted by Gasteiger charge is 1.75. The zero-order chi connectivity index (χ0) is 7.82. The number of aromatic nitrogens is 1. The molecule has 1 heterocycles. The van der Waals surface area contributed by atoms with Gasteiger partial charge in [0, 0.05) is 6.20 Å². The van der Waals surface area contributed by atoms with Crippen LogP contribution in [0.25, 0.3) is 0 Å². The van der Waals surface area contributed by atoms with Gasteiger partial charge in [-0.3, -0.25) is 4.79 Å². The van der Waals surface area contributed by atoms with Gasteiger partial charge >= 0.3 is 0 Å². The van der Waals surface area contributed by atoms with Crippen LogP contribution in [-0.4, -0.2) is 16.6 Å². The molecule has 0 aliphatic carbocycles. The largest absolute Gasteiger partial charge is 0.483 e. The van der Waals surface area contributed by atoms with Crippen LogP contribution in [0, 0.1) is 0 Å². The minimum Gasteiger partial charge on any atom is -0.483 e. The molecule has 1 aromatic rings. The van der Waals surface area contributed by atoms with E-state index in [1.54, 1.807) is 6.20 Å². The van der Waals surface area contributed by atoms with Crippen molar-refractivity contribution in [2.75, 3.05) is 0 Å². The topological polar surface area (TPSA) is 50.2 Å². The average molecular weight is 204 g/mol. The van der Waals surface area contributed by atoms with Gasteiger partial charge in [-0.1, -0.05) is 6.07 Å². The maximum Gasteiger partial charge on any atom is 0.290 e. The molecule has 0 amide bonds. The third-order valence-electron chi connectivity index (χ3n) is 0.629. The van der Waals surface area contributed by atoms with E-state index in [2.05, 4.69) is 20.9 Å². The van der Waals surface area contributed by atoms with Gasteiger partial charge in [0.1, 0.15) is 4.60 Å². The summed E-state index contributed by atoms with van der Waals surface area (Å²) in [5.74, 6) is 0. The number of hydrogen-bond acceptors (Lipinski definition) is 2. The standard InChI is InChI=1S/C5H4BrN.CH2O2/c6-5-3-1-2-4-7-5;2-1-3/h1-4H;1H,(H,2,3). The van der Waals surface area contributed by atoms with Crippen molar-refractivity contribution < 1.29 is 9.90 Å². The number of halogens is 1. The van der Waals surface area contributed by atoms with E-state index < -0.39 is 0 Å². The van der Waals surface area contributed by atoms with Crippen LogP contribution >= 0.6 is 15.9 Å². The summed E-state index contributed by atoms with van der Waals surface area (Å²) < 4.78 is 0.884. The smallest absolute Gasteiger partial charge is 0.290 e. The van der Waals surface area contributed by atoms with Gasteiger partial charge in [-0.25, -0.2) is 4.98 Å². The molecule has 0 saturated carbocycles. The predicted molar refractivity (Wildman–Crippen MR) is 40.6 cm³/mol. The zero-order valence-corrected chi connectivity index (χ0v) is 6.65. The summed E-state index contributed by atoms with van der Waals surface area (Å²) in [6, 6.07) is 5.70. The van der Waals surface area contributed by atoms with E-state index in [1.807, 2.05) is 18.2 Å². The van der Waals surface area contributed by atoms with Crippen molar-refractivity contribution in [2.45, 2.75) is 0 Å². The van der Waals surface area contributed by atoms with E-state index in [0.717, 1.165) is 4.60 Å². The van der Waals surface area contributed by atoms with E-state index in [-0.39, 0.29) is 6.47 Å². The van der Waals surface area contributed by atoms with Crippen LogP contribution in [0.2, 0.25) is 0 Å². The highest BCUT2D eigenvalue weighted by atomic mass is 79.9. The van der Waals surface area contributed by atoms with Crippen LogP contribution in [0.15, 0.2) is 29.0 Å². The summed E-state index contributed by atoms with van der Waals surface area (Å²) in [6.07, 6.45) is 1.74. The summed E-state index contributed by atoms with van der Waals surface area (Å²) in [4.78, 5) is 12.3. The molecule has 0 aromatic carbocycles. The molecule has 0 aliphatic heterocycles. The first-order valence-corrected chi connectivity index (χ1v) is 3.25. The van der Waals surface area contributed by atoms with E-state index in [9.17, 15) is 0 Å². The fraction of sp³-hybridized carbons (Fsp3) is 0. The summed E-state index contributed by atoms with van der Waals surface area (Å²) >= 11 is 3.20. The fourth-order valence-corrected chi connectivity index (χ4v) is 0.613. The summed E-state index contributed by atoms with van der Waals surface area (Å²) in [5, 5.41) is 6.89. The Morgan fingerprint density at radius 1 is 1.60 bits per heavy atom. The number of hydrogen-bond donors (Lipinski definition) is 1. The molecule has 1 N–H and O–H groups in total. The van der Waals surface area contributed by atoms with Crippen LogP contribution in [0.1, 0.15) is 0 Å². The number of carboxylic acid groups (broad SMARTS) is 1. The Balaban J connectivity index is 0.000000236. The molecule has 1 aromatic heterocycles. The molecule has 0 spiro atoms. The molecular formula is C6H6BrNO2. The Bertz CT molecular complexity index is 178. The van der Waals surface area contributed by atoms with Gasteiger partial charge in [-0.15, -0.1) is 0 Å². The Labute approximate surface area is 66.8 Å². The summed E-state index contributed by atoms with van der Waals surface area (Å²) in [7, 11) is 0. The third-order valence-corrected chi connectivity index (χ3v) is 1.10. The first-order chi connectivity index (χ1) is 4.81. The predicted octanol–water partition coefficient (Wildman–Crippen LogP) is 1.54. The number of nitrogens with zero attached hydrogens (tertiary/aromatic N) is 1. The van der Waals surface area contributed by atoms with E-state index in [1.165, 1.54) is 0 Å². The maximum absolute atomic E-state index is 8.36. The van der Waals surface area contributed by atoms with Crippen molar-refractivity contribution in [1.29, 1.82) is 0 Å². The van der Waals surface area contributed by atoms with Crippen molar-refractivity contribution >= 4 is 22.4 Å². The fourth-order valence-electron chi connectivity index (χ4n) is 0.342. The highest BCUT2D eigenvalue weighted by molar-refractivity contribution is 9.10. The molecule has 10 heavy (non-hydrogen) atoms. The molecule has 0 aliphatic rings. The van der Waals surface area contributed by atoms with Gasteiger partial charge in [0.2, 0.25) is 0 Å². The van der Waals surface area contributed by atoms with Crippen molar-refractivity contribution in [3.63, 3.8) is 0 Å². The van der Waals surface area contributed by atoms with Crippen LogP contribution in [0.4, 0.5) is 0 Å². The van der Waals surface area contributed by atoms with Crippen LogP contribution < -0.4 is 0 Å². The molecule has 0 atom stereocenters. The maximum atomic E-state index is 8.36. The Hall–Kier alpha value is -0.900. The summed E-state index contributed by atoms with van der Waals surface area (Å²) in [6.45, 7) is -0.250. The molecule has 0 saturated heterocycles. The molecule has 54 valence electrons.